The van der Waals surface area contributed by atoms with E-state index in [-0.39, 0.29) is 29.4 Å². The topological polar surface area (TPSA) is 330 Å². The summed E-state index contributed by atoms with van der Waals surface area (Å²) < 4.78 is 33.1. The lowest BCUT2D eigenvalue weighted by Gasteiger charge is -2.35. The predicted octanol–water partition coefficient (Wildman–Crippen LogP) is -2.83. The summed E-state index contributed by atoms with van der Waals surface area (Å²) in [6.45, 7) is -1.03. The average molecular weight is 684 g/mol. The molecule has 25 heteroatoms. The number of aromatic nitrogens is 4. The van der Waals surface area contributed by atoms with Gasteiger partial charge in [0.1, 0.15) is 42.7 Å². The molecular formula is C21H22N10O13P2+2. The van der Waals surface area contributed by atoms with Crippen molar-refractivity contribution >= 4 is 33.4 Å². The second kappa shape index (κ2) is 10.8. The molecule has 3 aromatic heterocycles. The first-order valence-corrected chi connectivity index (χ1v) is 15.9. The summed E-state index contributed by atoms with van der Waals surface area (Å²) >= 11 is 0. The third-order valence-corrected chi connectivity index (χ3v) is 8.61. The monoisotopic (exact) mass is 684 g/mol. The molecule has 46 heavy (non-hydrogen) atoms. The zero-order valence-corrected chi connectivity index (χ0v) is 24.4. The number of hydrogen-bond acceptors (Lipinski definition) is 21. The molecule has 2 fully saturated rings. The van der Waals surface area contributed by atoms with E-state index in [0.29, 0.717) is 6.26 Å². The Morgan fingerprint density at radius 3 is 2.74 bits per heavy atom. The maximum Gasteiger partial charge on any atom is 0.663 e. The first-order chi connectivity index (χ1) is 21.9. The Hall–Kier alpha value is -4.43. The number of furan rings is 1. The van der Waals surface area contributed by atoms with Crippen molar-refractivity contribution < 1.29 is 61.8 Å². The van der Waals surface area contributed by atoms with E-state index in [1.165, 1.54) is 4.90 Å². The molecule has 2 saturated heterocycles. The lowest BCUT2D eigenvalue weighted by molar-refractivity contribution is -0.127. The molecule has 11 N–H and O–H groups in total. The number of imidazole rings is 1. The van der Waals surface area contributed by atoms with Gasteiger partial charge in [-0.15, -0.1) is 4.52 Å². The minimum Gasteiger partial charge on any atom is -0.500 e. The van der Waals surface area contributed by atoms with Crippen LogP contribution in [0.4, 0.5) is 0 Å². The van der Waals surface area contributed by atoms with Gasteiger partial charge in [0.05, 0.1) is 6.67 Å². The minimum atomic E-state index is -4.98. The van der Waals surface area contributed by atoms with Crippen molar-refractivity contribution in [1.82, 2.24) is 40.4 Å². The zero-order chi connectivity index (χ0) is 32.5. The molecule has 2 unspecified atom stereocenters. The molecule has 0 spiro atoms. The number of carbonyl (C=O) groups is 1. The molecule has 0 radical (unpaired) electrons. The smallest absolute Gasteiger partial charge is 0.500 e. The Bertz CT molecular complexity index is 1850. The Labute approximate surface area is 256 Å². The number of ether oxygens (including phenoxy) is 1. The summed E-state index contributed by atoms with van der Waals surface area (Å²) in [4.78, 5) is 68.4. The van der Waals surface area contributed by atoms with Crippen LogP contribution in [0.1, 0.15) is 11.5 Å². The standard InChI is InChI=1S/C21H20N10O13P2/c22-1-7-10-16(25-4-24-7)30(5-26-10)19-13(33)14-9(42-19)3-40-46(37,38)44-15-12(32)8(2-39-45(35,36)43-14)41-20(15)31-6-27-11-17(31)28-21(23)29-18(11)34/h2,4-5,11-12,17,21,27-28,32,35-38H,3,6,23H2/p+2/b8-2+/t11-,12-,17?,21?/m1/s1. The van der Waals surface area contributed by atoms with Gasteiger partial charge in [-0.2, -0.15) is 24.8 Å². The first kappa shape index (κ1) is 30.2. The van der Waals surface area contributed by atoms with Crippen molar-refractivity contribution in [3.05, 3.63) is 47.8 Å². The van der Waals surface area contributed by atoms with Gasteiger partial charge in [0.15, 0.2) is 41.8 Å². The average Bonchev–Trinajstić information content (AvgIpc) is 3.76. The summed E-state index contributed by atoms with van der Waals surface area (Å²) in [5.41, 5.74) is 5.78. The predicted molar refractivity (Wildman–Crippen MR) is 144 cm³/mol. The second-order valence-electron chi connectivity index (χ2n) is 9.77. The molecule has 1 amide bonds. The van der Waals surface area contributed by atoms with Crippen LogP contribution < -0.4 is 26.2 Å². The second-order valence-corrected chi connectivity index (χ2v) is 12.6. The molecular weight excluding hydrogens is 662 g/mol. The molecule has 3 aromatic rings. The van der Waals surface area contributed by atoms with Crippen LogP contribution in [0, 0.1) is 11.3 Å². The van der Waals surface area contributed by atoms with Crippen LogP contribution in [-0.2, 0) is 29.7 Å². The van der Waals surface area contributed by atoms with Gasteiger partial charge >= 0.3 is 16.3 Å². The lowest BCUT2D eigenvalue weighted by atomic mass is 10.2. The van der Waals surface area contributed by atoms with Crippen LogP contribution in [-0.4, -0.2) is 91.4 Å². The van der Waals surface area contributed by atoms with Crippen molar-refractivity contribution in [3.63, 3.8) is 0 Å². The molecule has 0 aromatic carbocycles. The molecule has 0 aliphatic carbocycles. The highest BCUT2D eigenvalue weighted by atomic mass is 31.2. The number of aliphatic hydroxyl groups excluding tert-OH is 1. The van der Waals surface area contributed by atoms with E-state index in [1.54, 1.807) is 0 Å². The molecule has 4 aliphatic rings. The summed E-state index contributed by atoms with van der Waals surface area (Å²) in [5, 5.41) is 39.6. The largest absolute Gasteiger partial charge is 0.663 e. The number of nitrogens with one attached hydrogen (secondary N) is 3. The number of aliphatic hydroxyl groups is 1. The maximum absolute atomic E-state index is 12.4. The van der Waals surface area contributed by atoms with Crippen molar-refractivity contribution in [3.8, 4) is 23.5 Å². The normalized spacial score (nSPS) is 28.1. The highest BCUT2D eigenvalue weighted by molar-refractivity contribution is 7.55. The van der Waals surface area contributed by atoms with Gasteiger partial charge in [0, 0.05) is 0 Å². The molecule has 0 saturated carbocycles. The Morgan fingerprint density at radius 2 is 1.96 bits per heavy atom. The molecule has 4 atom stereocenters. The molecule has 7 rings (SSSR count). The van der Waals surface area contributed by atoms with Crippen LogP contribution in [0.5, 0.6) is 11.5 Å². The van der Waals surface area contributed by atoms with Gasteiger partial charge in [0.25, 0.3) is 17.4 Å². The van der Waals surface area contributed by atoms with Crippen LogP contribution in [0.15, 0.2) is 40.7 Å². The Morgan fingerprint density at radius 1 is 1.15 bits per heavy atom. The SMILES string of the molecule is N#Cc1ncnc2c1ncn2-c1oc2c(c1O)O[P+](O)(O)O/C=C1/OC(N3CN[C@H]4C(=O)NC(N)NC43)=C(O[P+](O)(O)OC2)[C@@H]1O. The number of carbonyl (C=O) groups excluding carboxylic acids is 1. The Balaban J connectivity index is 1.26. The third kappa shape index (κ3) is 5.09. The molecule has 242 valence electrons. The van der Waals surface area contributed by atoms with E-state index < -0.39 is 88.1 Å². The number of fused-ring (bicyclic) bond motifs is 5. The number of hydrogen-bond donors (Lipinski definition) is 10. The minimum absolute atomic E-state index is 0.000251. The van der Waals surface area contributed by atoms with Crippen LogP contribution in [0.25, 0.3) is 17.0 Å². The van der Waals surface area contributed by atoms with Crippen molar-refractivity contribution in [1.29, 1.82) is 5.26 Å². The highest BCUT2D eigenvalue weighted by Crippen LogP contribution is 2.61. The van der Waals surface area contributed by atoms with Crippen LogP contribution in [0.3, 0.4) is 0 Å². The van der Waals surface area contributed by atoms with E-state index in [0.717, 1.165) is 17.2 Å². The van der Waals surface area contributed by atoms with Crippen molar-refractivity contribution in [2.24, 2.45) is 5.73 Å². The summed E-state index contributed by atoms with van der Waals surface area (Å²) in [7, 11) is -9.94. The first-order valence-electron chi connectivity index (χ1n) is 12.8. The molecule has 2 bridgehead atoms. The zero-order valence-electron chi connectivity index (χ0n) is 22.7. The fraction of sp³-hybridized carbons (Fsp3) is 0.286. The highest BCUT2D eigenvalue weighted by Gasteiger charge is 2.55. The fourth-order valence-electron chi connectivity index (χ4n) is 4.93. The fourth-order valence-corrected chi connectivity index (χ4v) is 6.42. The number of rotatable bonds is 2. The third-order valence-electron chi connectivity index (χ3n) is 6.91. The number of nitrogens with zero attached hydrogens (tertiary/aromatic N) is 6. The summed E-state index contributed by atoms with van der Waals surface area (Å²) in [5.74, 6) is -4.57. The molecule has 7 heterocycles. The van der Waals surface area contributed by atoms with E-state index in [9.17, 15) is 39.8 Å². The number of nitrogens with two attached hydrogens (primary N) is 1. The van der Waals surface area contributed by atoms with Gasteiger partial charge in [-0.05, 0) is 0 Å². The molecule has 4 aliphatic heterocycles. The van der Waals surface area contributed by atoms with Crippen molar-refractivity contribution in [2.75, 3.05) is 6.67 Å². The van der Waals surface area contributed by atoms with Gasteiger partial charge in [0.2, 0.25) is 17.5 Å². The van der Waals surface area contributed by atoms with Gasteiger partial charge in [-0.3, -0.25) is 30.2 Å². The van der Waals surface area contributed by atoms with E-state index in [2.05, 4.69) is 30.9 Å². The number of amides is 1. The van der Waals surface area contributed by atoms with E-state index >= 15 is 0 Å². The van der Waals surface area contributed by atoms with Gasteiger partial charge in [-0.1, -0.05) is 0 Å². The Kier molecular flexibility index (Phi) is 7.12. The van der Waals surface area contributed by atoms with Crippen LogP contribution in [0.2, 0.25) is 0 Å². The maximum atomic E-state index is 12.4. The molecule has 23 nitrogen and oxygen atoms in total. The van der Waals surface area contributed by atoms with E-state index in [4.69, 9.17) is 33.0 Å². The quantitative estimate of drug-likeness (QED) is 0.122. The van der Waals surface area contributed by atoms with E-state index in [1.807, 2.05) is 6.07 Å². The van der Waals surface area contributed by atoms with Crippen LogP contribution >= 0.6 is 16.3 Å². The van der Waals surface area contributed by atoms with Gasteiger partial charge in [-0.25, -0.2) is 24.0 Å². The number of aromatic hydroxyl groups is 1. The lowest BCUT2D eigenvalue weighted by Crippen LogP contribution is -2.69. The summed E-state index contributed by atoms with van der Waals surface area (Å²) in [6, 6.07) is 0.988. The van der Waals surface area contributed by atoms with Gasteiger partial charge < -0.3 is 29.6 Å². The summed E-state index contributed by atoms with van der Waals surface area (Å²) in [6.07, 6.45) is -1.02. The number of nitriles is 1. The van der Waals surface area contributed by atoms with Crippen molar-refractivity contribution in [2.45, 2.75) is 31.2 Å².